The average Bonchev–Trinajstić information content (AvgIpc) is 2.35. The van der Waals surface area contributed by atoms with E-state index < -0.39 is 0 Å². The van der Waals surface area contributed by atoms with Crippen molar-refractivity contribution in [1.29, 1.82) is 0 Å². The molecule has 0 aliphatic carbocycles. The predicted molar refractivity (Wildman–Crippen MR) is 69.3 cm³/mol. The lowest BCUT2D eigenvalue weighted by atomic mass is 10.2. The van der Waals surface area contributed by atoms with Crippen LogP contribution >= 0.6 is 11.8 Å². The Morgan fingerprint density at radius 3 is 3.12 bits per heavy atom. The number of ether oxygens (including phenoxy) is 1. The summed E-state index contributed by atoms with van der Waals surface area (Å²) in [5.74, 6) is 2.07. The normalized spacial score (nSPS) is 21.0. The minimum Gasteiger partial charge on any atom is -0.487 e. The van der Waals surface area contributed by atoms with E-state index in [0.29, 0.717) is 6.04 Å². The first-order valence-corrected chi connectivity index (χ1v) is 6.91. The molecule has 2 atom stereocenters. The molecule has 0 spiro atoms. The zero-order valence-electron chi connectivity index (χ0n) is 9.90. The van der Waals surface area contributed by atoms with Crippen LogP contribution < -0.4 is 10.1 Å². The molecule has 1 aliphatic heterocycles. The summed E-state index contributed by atoms with van der Waals surface area (Å²) < 4.78 is 6.01. The van der Waals surface area contributed by atoms with Gasteiger partial charge in [-0.1, -0.05) is 19.1 Å². The van der Waals surface area contributed by atoms with Crippen LogP contribution in [0.25, 0.3) is 0 Å². The molecule has 1 aliphatic rings. The second-order valence-electron chi connectivity index (χ2n) is 4.16. The van der Waals surface area contributed by atoms with Gasteiger partial charge in [0.2, 0.25) is 0 Å². The van der Waals surface area contributed by atoms with Crippen LogP contribution in [0.5, 0.6) is 5.75 Å². The molecule has 3 heteroatoms. The number of rotatable bonds is 4. The first kappa shape index (κ1) is 11.8. The van der Waals surface area contributed by atoms with Gasteiger partial charge in [-0.2, -0.15) is 0 Å². The third kappa shape index (κ3) is 2.71. The molecule has 0 saturated carbocycles. The van der Waals surface area contributed by atoms with Crippen LogP contribution in [0.1, 0.15) is 20.3 Å². The predicted octanol–water partition coefficient (Wildman–Crippen LogP) is 2.93. The summed E-state index contributed by atoms with van der Waals surface area (Å²) in [6, 6.07) is 8.70. The highest BCUT2D eigenvalue weighted by Gasteiger charge is 2.24. The van der Waals surface area contributed by atoms with Crippen LogP contribution in [0.2, 0.25) is 0 Å². The fourth-order valence-electron chi connectivity index (χ4n) is 1.79. The van der Waals surface area contributed by atoms with Crippen LogP contribution in [0, 0.1) is 0 Å². The van der Waals surface area contributed by atoms with E-state index in [1.807, 2.05) is 17.8 Å². The monoisotopic (exact) mass is 237 g/mol. The van der Waals surface area contributed by atoms with Crippen molar-refractivity contribution in [2.75, 3.05) is 12.3 Å². The van der Waals surface area contributed by atoms with Crippen molar-refractivity contribution >= 4 is 11.8 Å². The highest BCUT2D eigenvalue weighted by Crippen LogP contribution is 2.35. The van der Waals surface area contributed by atoms with Gasteiger partial charge in [-0.25, -0.2) is 0 Å². The van der Waals surface area contributed by atoms with Gasteiger partial charge in [0.15, 0.2) is 0 Å². The summed E-state index contributed by atoms with van der Waals surface area (Å²) in [5.41, 5.74) is 0. The molecule has 2 rings (SSSR count). The molecule has 0 amide bonds. The van der Waals surface area contributed by atoms with Crippen LogP contribution in [0.4, 0.5) is 0 Å². The van der Waals surface area contributed by atoms with E-state index in [1.165, 1.54) is 11.3 Å². The van der Waals surface area contributed by atoms with E-state index >= 15 is 0 Å². The van der Waals surface area contributed by atoms with Gasteiger partial charge in [0.05, 0.1) is 0 Å². The second-order valence-corrected chi connectivity index (χ2v) is 5.22. The van der Waals surface area contributed by atoms with Crippen molar-refractivity contribution in [3.8, 4) is 5.75 Å². The SMILES string of the molecule is CCCNC(C)C1CSc2ccccc2O1. The molecule has 1 heterocycles. The quantitative estimate of drug-likeness (QED) is 0.870. The smallest absolute Gasteiger partial charge is 0.133 e. The number of fused-ring (bicyclic) bond motifs is 1. The highest BCUT2D eigenvalue weighted by molar-refractivity contribution is 7.99. The Morgan fingerprint density at radius 2 is 2.31 bits per heavy atom. The Bertz CT molecular complexity index is 342. The Labute approximate surface area is 102 Å². The van der Waals surface area contributed by atoms with E-state index in [2.05, 4.69) is 37.4 Å². The van der Waals surface area contributed by atoms with Gasteiger partial charge in [0.1, 0.15) is 11.9 Å². The Balaban J connectivity index is 1.97. The molecular formula is C13H19NOS. The van der Waals surface area contributed by atoms with Crippen molar-refractivity contribution in [2.24, 2.45) is 0 Å². The van der Waals surface area contributed by atoms with E-state index in [1.54, 1.807) is 0 Å². The minimum atomic E-state index is 0.284. The number of hydrogen-bond acceptors (Lipinski definition) is 3. The lowest BCUT2D eigenvalue weighted by molar-refractivity contribution is 0.174. The number of benzene rings is 1. The molecule has 0 aromatic heterocycles. The van der Waals surface area contributed by atoms with Gasteiger partial charge < -0.3 is 10.1 Å². The maximum atomic E-state index is 6.01. The van der Waals surface area contributed by atoms with Gasteiger partial charge in [-0.3, -0.25) is 0 Å². The zero-order chi connectivity index (χ0) is 11.4. The number of thioether (sulfide) groups is 1. The summed E-state index contributed by atoms with van der Waals surface area (Å²) in [6.07, 6.45) is 1.45. The Kier molecular flexibility index (Phi) is 4.13. The van der Waals surface area contributed by atoms with E-state index in [-0.39, 0.29) is 6.10 Å². The van der Waals surface area contributed by atoms with Gasteiger partial charge in [0, 0.05) is 16.7 Å². The van der Waals surface area contributed by atoms with Gasteiger partial charge in [-0.05, 0) is 32.0 Å². The van der Waals surface area contributed by atoms with Crippen molar-refractivity contribution in [3.63, 3.8) is 0 Å². The molecule has 0 bridgehead atoms. The Morgan fingerprint density at radius 1 is 1.50 bits per heavy atom. The van der Waals surface area contributed by atoms with Crippen molar-refractivity contribution in [1.82, 2.24) is 5.32 Å². The maximum Gasteiger partial charge on any atom is 0.133 e. The molecule has 0 saturated heterocycles. The zero-order valence-corrected chi connectivity index (χ0v) is 10.7. The molecule has 88 valence electrons. The topological polar surface area (TPSA) is 21.3 Å². The molecule has 1 N–H and O–H groups in total. The maximum absolute atomic E-state index is 6.01. The van der Waals surface area contributed by atoms with Crippen LogP contribution in [-0.4, -0.2) is 24.4 Å². The van der Waals surface area contributed by atoms with Gasteiger partial charge in [0.25, 0.3) is 0 Å². The summed E-state index contributed by atoms with van der Waals surface area (Å²) in [7, 11) is 0. The van der Waals surface area contributed by atoms with Crippen LogP contribution in [0.15, 0.2) is 29.2 Å². The first-order valence-electron chi connectivity index (χ1n) is 5.93. The Hall–Kier alpha value is -0.670. The lowest BCUT2D eigenvalue weighted by Crippen LogP contribution is -2.43. The van der Waals surface area contributed by atoms with Crippen LogP contribution in [-0.2, 0) is 0 Å². The van der Waals surface area contributed by atoms with Crippen molar-refractivity contribution < 1.29 is 4.74 Å². The van der Waals surface area contributed by atoms with Crippen molar-refractivity contribution in [2.45, 2.75) is 37.3 Å². The van der Waals surface area contributed by atoms with Crippen molar-refractivity contribution in [3.05, 3.63) is 24.3 Å². The third-order valence-electron chi connectivity index (χ3n) is 2.80. The largest absolute Gasteiger partial charge is 0.487 e. The summed E-state index contributed by atoms with van der Waals surface area (Å²) >= 11 is 1.89. The van der Waals surface area contributed by atoms with Gasteiger partial charge in [-0.15, -0.1) is 11.8 Å². The third-order valence-corrected chi connectivity index (χ3v) is 3.95. The lowest BCUT2D eigenvalue weighted by Gasteiger charge is -2.30. The molecule has 2 unspecified atom stereocenters. The standard InChI is InChI=1S/C13H19NOS/c1-3-8-14-10(2)12-9-16-13-7-5-4-6-11(13)15-12/h4-7,10,12,14H,3,8-9H2,1-2H3. The minimum absolute atomic E-state index is 0.284. The first-order chi connectivity index (χ1) is 7.81. The highest BCUT2D eigenvalue weighted by atomic mass is 32.2. The fraction of sp³-hybridized carbons (Fsp3) is 0.538. The van der Waals surface area contributed by atoms with Crippen LogP contribution in [0.3, 0.4) is 0 Å². The second kappa shape index (κ2) is 5.60. The molecular weight excluding hydrogens is 218 g/mol. The molecule has 1 aromatic carbocycles. The molecule has 1 aromatic rings. The molecule has 0 radical (unpaired) electrons. The number of nitrogens with one attached hydrogen (secondary N) is 1. The molecule has 16 heavy (non-hydrogen) atoms. The average molecular weight is 237 g/mol. The van der Waals surface area contributed by atoms with E-state index in [9.17, 15) is 0 Å². The number of para-hydroxylation sites is 1. The van der Waals surface area contributed by atoms with Gasteiger partial charge >= 0.3 is 0 Å². The molecule has 0 fully saturated rings. The summed E-state index contributed by atoms with van der Waals surface area (Å²) in [5, 5.41) is 3.49. The van der Waals surface area contributed by atoms with E-state index in [4.69, 9.17) is 4.74 Å². The fourth-order valence-corrected chi connectivity index (χ4v) is 2.92. The summed E-state index contributed by atoms with van der Waals surface area (Å²) in [6.45, 7) is 5.45. The molecule has 2 nitrogen and oxygen atoms in total. The van der Waals surface area contributed by atoms with E-state index in [0.717, 1.165) is 18.0 Å². The summed E-state index contributed by atoms with van der Waals surface area (Å²) in [4.78, 5) is 1.27. The number of hydrogen-bond donors (Lipinski definition) is 1.